The van der Waals surface area contributed by atoms with E-state index in [9.17, 15) is 9.59 Å². The van der Waals surface area contributed by atoms with Gasteiger partial charge in [-0.15, -0.1) is 0 Å². The minimum Gasteiger partial charge on any atom is -0.371 e. The Morgan fingerprint density at radius 2 is 2.00 bits per heavy atom. The second-order valence-electron chi connectivity index (χ2n) is 7.01. The number of nitrogens with zero attached hydrogens (tertiary/aromatic N) is 1. The van der Waals surface area contributed by atoms with Crippen molar-refractivity contribution in [3.63, 3.8) is 0 Å². The Balaban J connectivity index is 1.75. The quantitative estimate of drug-likeness (QED) is 0.878. The molecule has 2 fully saturated rings. The van der Waals surface area contributed by atoms with Gasteiger partial charge in [0.25, 0.3) is 11.1 Å². The Bertz CT molecular complexity index is 880. The molecule has 1 spiro atoms. The van der Waals surface area contributed by atoms with Gasteiger partial charge in [-0.1, -0.05) is 12.8 Å². The van der Waals surface area contributed by atoms with Crippen LogP contribution in [0.4, 0.5) is 5.69 Å². The van der Waals surface area contributed by atoms with E-state index in [4.69, 9.17) is 4.74 Å². The molecule has 0 amide bonds. The van der Waals surface area contributed by atoms with E-state index < -0.39 is 0 Å². The van der Waals surface area contributed by atoms with Crippen LogP contribution in [-0.2, 0) is 4.74 Å². The highest BCUT2D eigenvalue weighted by atomic mass is 16.5. The fraction of sp³-hybridized carbons (Fsp3) is 0.474. The molecule has 0 aromatic carbocycles. The third-order valence-electron chi connectivity index (χ3n) is 5.72. The van der Waals surface area contributed by atoms with Crippen molar-refractivity contribution in [2.45, 2.75) is 44.2 Å². The Hall–Kier alpha value is -2.34. The van der Waals surface area contributed by atoms with Crippen LogP contribution in [0, 0.1) is 0 Å². The van der Waals surface area contributed by atoms with Crippen molar-refractivity contribution in [3.8, 4) is 11.1 Å². The molecule has 3 heterocycles. The van der Waals surface area contributed by atoms with Crippen molar-refractivity contribution in [2.24, 2.45) is 0 Å². The summed E-state index contributed by atoms with van der Waals surface area (Å²) in [6.07, 6.45) is 7.64. The lowest BCUT2D eigenvalue weighted by Gasteiger charge is -2.47. The molecule has 2 N–H and O–H groups in total. The molecular formula is C19H23N3O3. The molecule has 2 aliphatic rings. The van der Waals surface area contributed by atoms with Crippen LogP contribution in [0.2, 0.25) is 0 Å². The normalized spacial score (nSPS) is 22.4. The molecule has 4 rings (SSSR count). The number of hydrogen-bond acceptors (Lipinski definition) is 4. The van der Waals surface area contributed by atoms with E-state index in [0.29, 0.717) is 24.4 Å². The van der Waals surface area contributed by atoms with Crippen molar-refractivity contribution in [1.82, 2.24) is 9.97 Å². The van der Waals surface area contributed by atoms with Crippen molar-refractivity contribution < 1.29 is 4.74 Å². The predicted molar refractivity (Wildman–Crippen MR) is 97.1 cm³/mol. The van der Waals surface area contributed by atoms with Crippen molar-refractivity contribution >= 4 is 5.69 Å². The van der Waals surface area contributed by atoms with E-state index in [1.807, 2.05) is 6.07 Å². The maximum Gasteiger partial charge on any atom is 0.271 e. The highest BCUT2D eigenvalue weighted by molar-refractivity contribution is 5.66. The zero-order valence-electron chi connectivity index (χ0n) is 14.4. The highest BCUT2D eigenvalue weighted by Gasteiger charge is 2.45. The van der Waals surface area contributed by atoms with E-state index in [1.54, 1.807) is 24.5 Å². The van der Waals surface area contributed by atoms with E-state index in [2.05, 4.69) is 21.8 Å². The van der Waals surface area contributed by atoms with E-state index in [-0.39, 0.29) is 22.8 Å². The summed E-state index contributed by atoms with van der Waals surface area (Å²) in [7, 11) is 0. The molecule has 25 heavy (non-hydrogen) atoms. The van der Waals surface area contributed by atoms with Gasteiger partial charge in [0.1, 0.15) is 5.69 Å². The van der Waals surface area contributed by atoms with Gasteiger partial charge in [0, 0.05) is 30.1 Å². The van der Waals surface area contributed by atoms with Crippen LogP contribution in [-0.4, -0.2) is 34.8 Å². The lowest BCUT2D eigenvalue weighted by molar-refractivity contribution is -0.0749. The van der Waals surface area contributed by atoms with Crippen molar-refractivity contribution in [1.29, 1.82) is 0 Å². The largest absolute Gasteiger partial charge is 0.371 e. The maximum absolute atomic E-state index is 12.5. The van der Waals surface area contributed by atoms with E-state index in [1.165, 1.54) is 12.8 Å². The van der Waals surface area contributed by atoms with Gasteiger partial charge in [0.05, 0.1) is 18.2 Å². The van der Waals surface area contributed by atoms with E-state index >= 15 is 0 Å². The van der Waals surface area contributed by atoms with Gasteiger partial charge in [-0.3, -0.25) is 9.59 Å². The first kappa shape index (κ1) is 16.1. The summed E-state index contributed by atoms with van der Waals surface area (Å²) in [6, 6.07) is 5.51. The Morgan fingerprint density at radius 1 is 1.20 bits per heavy atom. The number of nitrogens with one attached hydrogen (secondary N) is 2. The first-order valence-electron chi connectivity index (χ1n) is 8.92. The molecule has 2 aromatic heterocycles. The second-order valence-corrected chi connectivity index (χ2v) is 7.01. The van der Waals surface area contributed by atoms with Gasteiger partial charge in [-0.25, -0.2) is 0 Å². The van der Waals surface area contributed by atoms with Crippen molar-refractivity contribution in [2.75, 3.05) is 18.1 Å². The number of H-pyrrole nitrogens is 2. The second kappa shape index (κ2) is 6.19. The lowest BCUT2D eigenvalue weighted by atomic mass is 9.90. The van der Waals surface area contributed by atoms with Gasteiger partial charge in [-0.2, -0.15) is 0 Å². The van der Waals surface area contributed by atoms with E-state index in [0.717, 1.165) is 18.4 Å². The van der Waals surface area contributed by atoms with Gasteiger partial charge in [0.15, 0.2) is 0 Å². The minimum atomic E-state index is -0.164. The van der Waals surface area contributed by atoms with Gasteiger partial charge in [-0.05, 0) is 38.0 Å². The number of aromatic amines is 2. The predicted octanol–water partition coefficient (Wildman–Crippen LogP) is 2.27. The SMILES string of the molecule is C[C@@H]1N(c2cc(-c3ccc[nH]c3=O)c[nH]c2=O)CCOC12CCCC2. The van der Waals surface area contributed by atoms with Crippen LogP contribution in [0.3, 0.4) is 0 Å². The van der Waals surface area contributed by atoms with Gasteiger partial charge >= 0.3 is 0 Å². The molecule has 1 atom stereocenters. The molecule has 1 aliphatic carbocycles. The van der Waals surface area contributed by atoms with Crippen LogP contribution >= 0.6 is 0 Å². The Morgan fingerprint density at radius 3 is 2.76 bits per heavy atom. The fourth-order valence-corrected chi connectivity index (χ4v) is 4.30. The summed E-state index contributed by atoms with van der Waals surface area (Å²) in [4.78, 5) is 32.2. The summed E-state index contributed by atoms with van der Waals surface area (Å²) < 4.78 is 6.16. The molecule has 6 nitrogen and oxygen atoms in total. The molecular weight excluding hydrogens is 318 g/mol. The van der Waals surface area contributed by atoms with Crippen LogP contribution < -0.4 is 16.0 Å². The van der Waals surface area contributed by atoms with Crippen LogP contribution in [0.1, 0.15) is 32.6 Å². The van der Waals surface area contributed by atoms with Gasteiger partial charge < -0.3 is 19.6 Å². The average molecular weight is 341 g/mol. The number of ether oxygens (including phenoxy) is 1. The summed E-state index contributed by atoms with van der Waals surface area (Å²) in [5.41, 5.74) is 1.45. The molecule has 0 radical (unpaired) electrons. The standard InChI is InChI=1S/C19H23N3O3/c1-13-19(6-2-3-7-19)25-10-9-22(13)16-11-14(12-21-18(16)24)15-5-4-8-20-17(15)23/h4-5,8,11-13H,2-3,6-7,9-10H2,1H3,(H,20,23)(H,21,24)/t13-/m0/s1. The molecule has 0 unspecified atom stereocenters. The summed E-state index contributed by atoms with van der Waals surface area (Å²) >= 11 is 0. The molecule has 0 bridgehead atoms. The first-order chi connectivity index (χ1) is 12.1. The van der Waals surface area contributed by atoms with Crippen LogP contribution in [0.5, 0.6) is 0 Å². The van der Waals surface area contributed by atoms with Gasteiger partial charge in [0.2, 0.25) is 0 Å². The molecule has 132 valence electrons. The third-order valence-corrected chi connectivity index (χ3v) is 5.72. The molecule has 1 aliphatic heterocycles. The third kappa shape index (κ3) is 2.70. The fourth-order valence-electron chi connectivity index (χ4n) is 4.30. The van der Waals surface area contributed by atoms with Crippen molar-refractivity contribution in [3.05, 3.63) is 51.3 Å². The molecule has 6 heteroatoms. The Labute approximate surface area is 145 Å². The number of pyridine rings is 2. The summed E-state index contributed by atoms with van der Waals surface area (Å²) in [6.45, 7) is 3.45. The number of aromatic nitrogens is 2. The highest BCUT2D eigenvalue weighted by Crippen LogP contribution is 2.41. The Kier molecular flexibility index (Phi) is 4.00. The topological polar surface area (TPSA) is 78.2 Å². The maximum atomic E-state index is 12.5. The molecule has 2 aromatic rings. The van der Waals surface area contributed by atoms with Crippen LogP contribution in [0.25, 0.3) is 11.1 Å². The monoisotopic (exact) mass is 341 g/mol. The number of morpholine rings is 1. The number of hydrogen-bond donors (Lipinski definition) is 2. The minimum absolute atomic E-state index is 0.127. The van der Waals surface area contributed by atoms with Crippen LogP contribution in [0.15, 0.2) is 40.2 Å². The lowest BCUT2D eigenvalue weighted by Crippen LogP contribution is -2.58. The average Bonchev–Trinajstić information content (AvgIpc) is 3.08. The first-order valence-corrected chi connectivity index (χ1v) is 8.92. The number of anilines is 1. The summed E-state index contributed by atoms with van der Waals surface area (Å²) in [5, 5.41) is 0. The molecule has 1 saturated carbocycles. The number of rotatable bonds is 2. The zero-order valence-corrected chi connectivity index (χ0v) is 14.4. The zero-order chi connectivity index (χ0) is 17.4. The molecule has 1 saturated heterocycles. The smallest absolute Gasteiger partial charge is 0.271 e. The summed E-state index contributed by atoms with van der Waals surface area (Å²) in [5.74, 6) is 0.